The lowest BCUT2D eigenvalue weighted by Crippen LogP contribution is -2.45. The molecule has 26 heavy (non-hydrogen) atoms. The lowest BCUT2D eigenvalue weighted by atomic mass is 9.96. The van der Waals surface area contributed by atoms with Crippen LogP contribution in [0.25, 0.3) is 0 Å². The molecule has 2 rings (SSSR count). The monoisotopic (exact) mass is 380 g/mol. The summed E-state index contributed by atoms with van der Waals surface area (Å²) in [7, 11) is -3.65. The standard InChI is InChI=1S/C19H28N2O4S/c1-4-17(5-2)20-19(23)15-9-11-21(12-10-15)26(24,25)18-8-6-7-16(13-18)14(3)22/h6-8,13,15,17H,4-5,9-12H2,1-3H3,(H,20,23). The first-order chi connectivity index (χ1) is 12.3. The highest BCUT2D eigenvalue weighted by Gasteiger charge is 2.32. The molecule has 1 aliphatic rings. The molecule has 0 aliphatic carbocycles. The minimum Gasteiger partial charge on any atom is -0.353 e. The number of sulfonamides is 1. The summed E-state index contributed by atoms with van der Waals surface area (Å²) in [5, 5.41) is 3.05. The van der Waals surface area contributed by atoms with Gasteiger partial charge in [0.15, 0.2) is 5.78 Å². The van der Waals surface area contributed by atoms with Crippen LogP contribution in [0.2, 0.25) is 0 Å². The molecule has 0 saturated carbocycles. The maximum absolute atomic E-state index is 12.8. The third-order valence-corrected chi connectivity index (χ3v) is 6.93. The molecule has 1 amide bonds. The van der Waals surface area contributed by atoms with Crippen LogP contribution in [-0.2, 0) is 14.8 Å². The van der Waals surface area contributed by atoms with E-state index in [1.54, 1.807) is 12.1 Å². The van der Waals surface area contributed by atoms with Crippen molar-refractivity contribution in [2.45, 2.75) is 57.4 Å². The topological polar surface area (TPSA) is 83.6 Å². The van der Waals surface area contributed by atoms with E-state index in [-0.39, 0.29) is 28.5 Å². The first-order valence-corrected chi connectivity index (χ1v) is 10.6. The first kappa shape index (κ1) is 20.6. The van der Waals surface area contributed by atoms with Gasteiger partial charge < -0.3 is 5.32 Å². The molecule has 7 heteroatoms. The second-order valence-corrected chi connectivity index (χ2v) is 8.72. The zero-order valence-electron chi connectivity index (χ0n) is 15.7. The molecule has 144 valence electrons. The molecular weight excluding hydrogens is 352 g/mol. The van der Waals surface area contributed by atoms with Gasteiger partial charge in [-0.1, -0.05) is 26.0 Å². The quantitative estimate of drug-likeness (QED) is 0.737. The van der Waals surface area contributed by atoms with Crippen LogP contribution in [-0.4, -0.2) is 43.5 Å². The van der Waals surface area contributed by atoms with Gasteiger partial charge >= 0.3 is 0 Å². The van der Waals surface area contributed by atoms with E-state index in [1.165, 1.54) is 23.4 Å². The summed E-state index contributed by atoms with van der Waals surface area (Å²) < 4.78 is 27.1. The van der Waals surface area contributed by atoms with Crippen LogP contribution < -0.4 is 5.32 Å². The van der Waals surface area contributed by atoms with Crippen LogP contribution in [0.3, 0.4) is 0 Å². The normalized spacial score (nSPS) is 16.6. The molecule has 1 fully saturated rings. The highest BCUT2D eigenvalue weighted by atomic mass is 32.2. The van der Waals surface area contributed by atoms with Gasteiger partial charge in [-0.3, -0.25) is 9.59 Å². The van der Waals surface area contributed by atoms with Crippen molar-refractivity contribution in [1.29, 1.82) is 0 Å². The maximum atomic E-state index is 12.8. The summed E-state index contributed by atoms with van der Waals surface area (Å²) in [5.74, 6) is -0.293. The molecule has 0 spiro atoms. The van der Waals surface area contributed by atoms with Crippen LogP contribution in [0.15, 0.2) is 29.2 Å². The summed E-state index contributed by atoms with van der Waals surface area (Å²) in [6, 6.07) is 6.30. The third-order valence-electron chi connectivity index (χ3n) is 5.04. The summed E-state index contributed by atoms with van der Waals surface area (Å²) >= 11 is 0. The van der Waals surface area contributed by atoms with Gasteiger partial charge in [0.25, 0.3) is 0 Å². The number of nitrogens with zero attached hydrogens (tertiary/aromatic N) is 1. The number of hydrogen-bond donors (Lipinski definition) is 1. The number of carbonyl (C=O) groups is 2. The Morgan fingerprint density at radius 3 is 2.35 bits per heavy atom. The molecule has 0 bridgehead atoms. The SMILES string of the molecule is CCC(CC)NC(=O)C1CCN(S(=O)(=O)c2cccc(C(C)=O)c2)CC1. The molecule has 6 nitrogen and oxygen atoms in total. The summed E-state index contributed by atoms with van der Waals surface area (Å²) in [4.78, 5) is 24.0. The van der Waals surface area contributed by atoms with Crippen LogP contribution in [0, 0.1) is 5.92 Å². The largest absolute Gasteiger partial charge is 0.353 e. The molecule has 0 atom stereocenters. The molecule has 1 aliphatic heterocycles. The predicted molar refractivity (Wildman–Crippen MR) is 100 cm³/mol. The van der Waals surface area contributed by atoms with E-state index in [0.29, 0.717) is 31.5 Å². The van der Waals surface area contributed by atoms with Gasteiger partial charge in [0.2, 0.25) is 15.9 Å². The zero-order chi connectivity index (χ0) is 19.3. The smallest absolute Gasteiger partial charge is 0.243 e. The number of benzene rings is 1. The highest BCUT2D eigenvalue weighted by Crippen LogP contribution is 2.25. The Bertz CT molecular complexity index is 749. The first-order valence-electron chi connectivity index (χ1n) is 9.21. The second kappa shape index (κ2) is 8.77. The Balaban J connectivity index is 2.03. The molecule has 0 aromatic heterocycles. The summed E-state index contributed by atoms with van der Waals surface area (Å²) in [5.41, 5.74) is 0.380. The molecule has 0 radical (unpaired) electrons. The van der Waals surface area contributed by atoms with Crippen molar-refractivity contribution in [1.82, 2.24) is 9.62 Å². The highest BCUT2D eigenvalue weighted by molar-refractivity contribution is 7.89. The van der Waals surface area contributed by atoms with Gasteiger partial charge in [-0.25, -0.2) is 8.42 Å². The molecule has 1 N–H and O–H groups in total. The molecule has 1 aromatic rings. The summed E-state index contributed by atoms with van der Waals surface area (Å²) in [6.07, 6.45) is 2.80. The van der Waals surface area contributed by atoms with Crippen molar-refractivity contribution in [3.05, 3.63) is 29.8 Å². The van der Waals surface area contributed by atoms with Crippen LogP contribution in [0.5, 0.6) is 0 Å². The molecular formula is C19H28N2O4S. The zero-order valence-corrected chi connectivity index (χ0v) is 16.5. The molecule has 1 aromatic carbocycles. The van der Waals surface area contributed by atoms with Crippen LogP contribution in [0.1, 0.15) is 56.8 Å². The van der Waals surface area contributed by atoms with Gasteiger partial charge in [0.05, 0.1) is 4.90 Å². The van der Waals surface area contributed by atoms with E-state index in [2.05, 4.69) is 5.32 Å². The Morgan fingerprint density at radius 1 is 1.19 bits per heavy atom. The number of rotatable bonds is 7. The number of nitrogens with one attached hydrogen (secondary N) is 1. The summed E-state index contributed by atoms with van der Waals surface area (Å²) in [6.45, 7) is 6.12. The average molecular weight is 381 g/mol. The molecule has 1 heterocycles. The number of ketones is 1. The third kappa shape index (κ3) is 4.71. The minimum atomic E-state index is -3.65. The van der Waals surface area contributed by atoms with Crippen molar-refractivity contribution in [3.63, 3.8) is 0 Å². The Kier molecular flexibility index (Phi) is 6.94. The number of hydrogen-bond acceptors (Lipinski definition) is 4. The minimum absolute atomic E-state index is 0.0225. The molecule has 1 saturated heterocycles. The van der Waals surface area contributed by atoms with Gasteiger partial charge in [0, 0.05) is 30.6 Å². The predicted octanol–water partition coefficient (Wildman–Crippen LogP) is 2.59. The van der Waals surface area contributed by atoms with Crippen molar-refractivity contribution in [2.24, 2.45) is 5.92 Å². The number of carbonyl (C=O) groups excluding carboxylic acids is 2. The number of Topliss-reactive ketones (excluding diaryl/α,β-unsaturated/α-hetero) is 1. The second-order valence-electron chi connectivity index (χ2n) is 6.78. The van der Waals surface area contributed by atoms with Crippen LogP contribution >= 0.6 is 0 Å². The Morgan fingerprint density at radius 2 is 1.81 bits per heavy atom. The van der Waals surface area contributed by atoms with Crippen molar-refractivity contribution < 1.29 is 18.0 Å². The fourth-order valence-corrected chi connectivity index (χ4v) is 4.71. The van der Waals surface area contributed by atoms with E-state index in [9.17, 15) is 18.0 Å². The molecule has 0 unspecified atom stereocenters. The Labute approximate surface area is 156 Å². The number of amides is 1. The van der Waals surface area contributed by atoms with Crippen molar-refractivity contribution >= 4 is 21.7 Å². The van der Waals surface area contributed by atoms with Gasteiger partial charge in [0.1, 0.15) is 0 Å². The van der Waals surface area contributed by atoms with E-state index < -0.39 is 10.0 Å². The van der Waals surface area contributed by atoms with E-state index in [1.807, 2.05) is 13.8 Å². The van der Waals surface area contributed by atoms with Crippen molar-refractivity contribution in [3.8, 4) is 0 Å². The van der Waals surface area contributed by atoms with Gasteiger partial charge in [-0.2, -0.15) is 4.31 Å². The van der Waals surface area contributed by atoms with Crippen molar-refractivity contribution in [2.75, 3.05) is 13.1 Å². The maximum Gasteiger partial charge on any atom is 0.243 e. The van der Waals surface area contributed by atoms with Gasteiger partial charge in [-0.15, -0.1) is 0 Å². The number of piperidine rings is 1. The van der Waals surface area contributed by atoms with Gasteiger partial charge in [-0.05, 0) is 44.7 Å². The Hall–Kier alpha value is -1.73. The van der Waals surface area contributed by atoms with Crippen LogP contribution in [0.4, 0.5) is 0 Å². The lowest BCUT2D eigenvalue weighted by Gasteiger charge is -2.31. The fourth-order valence-electron chi connectivity index (χ4n) is 3.19. The fraction of sp³-hybridized carbons (Fsp3) is 0.579. The van der Waals surface area contributed by atoms with E-state index in [0.717, 1.165) is 12.8 Å². The van der Waals surface area contributed by atoms with E-state index >= 15 is 0 Å². The van der Waals surface area contributed by atoms with E-state index in [4.69, 9.17) is 0 Å². The average Bonchev–Trinajstić information content (AvgIpc) is 2.66. The lowest BCUT2D eigenvalue weighted by molar-refractivity contribution is -0.126.